The summed E-state index contributed by atoms with van der Waals surface area (Å²) in [5, 5.41) is 3.50. The first kappa shape index (κ1) is 15.7. The van der Waals surface area contributed by atoms with Crippen molar-refractivity contribution < 1.29 is 9.13 Å². The number of hydrogen-bond donors (Lipinski definition) is 1. The highest BCUT2D eigenvalue weighted by Crippen LogP contribution is 2.47. The smallest absolute Gasteiger partial charge is 0.141 e. The summed E-state index contributed by atoms with van der Waals surface area (Å²) >= 11 is 5.91. The van der Waals surface area contributed by atoms with Crippen LogP contribution >= 0.6 is 11.6 Å². The topological polar surface area (TPSA) is 21.3 Å². The van der Waals surface area contributed by atoms with Gasteiger partial charge in [-0.2, -0.15) is 0 Å². The molecule has 1 fully saturated rings. The first-order chi connectivity index (χ1) is 9.16. The van der Waals surface area contributed by atoms with Gasteiger partial charge in [-0.15, -0.1) is 0 Å². The number of halogens is 2. The van der Waals surface area contributed by atoms with Crippen molar-refractivity contribution in [2.75, 3.05) is 7.05 Å². The Bertz CT molecular complexity index is 501. The van der Waals surface area contributed by atoms with E-state index in [4.69, 9.17) is 16.3 Å². The van der Waals surface area contributed by atoms with Gasteiger partial charge in [-0.1, -0.05) is 17.7 Å². The van der Waals surface area contributed by atoms with E-state index in [0.717, 1.165) is 12.0 Å². The second kappa shape index (κ2) is 5.28. The van der Waals surface area contributed by atoms with Crippen molar-refractivity contribution >= 4 is 11.6 Å². The summed E-state index contributed by atoms with van der Waals surface area (Å²) in [7, 11) is 1.92. The zero-order chi connectivity index (χ0) is 15.1. The second-order valence-electron chi connectivity index (χ2n) is 6.72. The van der Waals surface area contributed by atoms with Gasteiger partial charge in [0.2, 0.25) is 0 Å². The van der Waals surface area contributed by atoms with Crippen LogP contribution in [0, 0.1) is 11.7 Å². The van der Waals surface area contributed by atoms with Crippen LogP contribution in [0.2, 0.25) is 5.02 Å². The molecule has 112 valence electrons. The molecule has 1 aliphatic heterocycles. The fraction of sp³-hybridized carbons (Fsp3) is 0.625. The fourth-order valence-corrected chi connectivity index (χ4v) is 3.62. The van der Waals surface area contributed by atoms with Crippen LogP contribution in [0.1, 0.15) is 45.7 Å². The van der Waals surface area contributed by atoms with Crippen LogP contribution in [0.4, 0.5) is 4.39 Å². The van der Waals surface area contributed by atoms with Crippen LogP contribution < -0.4 is 5.32 Å². The Kier molecular flexibility index (Phi) is 4.16. The van der Waals surface area contributed by atoms with E-state index >= 15 is 0 Å². The van der Waals surface area contributed by atoms with Crippen molar-refractivity contribution in [3.63, 3.8) is 0 Å². The first-order valence-corrected chi connectivity index (χ1v) is 7.36. The highest BCUT2D eigenvalue weighted by atomic mass is 35.5. The third kappa shape index (κ3) is 3.00. The van der Waals surface area contributed by atoms with E-state index in [-0.39, 0.29) is 28.1 Å². The third-order valence-corrected chi connectivity index (χ3v) is 4.45. The van der Waals surface area contributed by atoms with Gasteiger partial charge in [0.15, 0.2) is 0 Å². The molecule has 20 heavy (non-hydrogen) atoms. The summed E-state index contributed by atoms with van der Waals surface area (Å²) in [4.78, 5) is 0. The third-order valence-electron chi connectivity index (χ3n) is 4.16. The summed E-state index contributed by atoms with van der Waals surface area (Å²) in [5.41, 5.74) is 0.615. The van der Waals surface area contributed by atoms with Gasteiger partial charge in [0.25, 0.3) is 0 Å². The summed E-state index contributed by atoms with van der Waals surface area (Å²) in [6.45, 7) is 8.45. The van der Waals surface area contributed by atoms with Gasteiger partial charge in [-0.05, 0) is 58.9 Å². The van der Waals surface area contributed by atoms with E-state index in [9.17, 15) is 4.39 Å². The number of ether oxygens (including phenoxy) is 1. The first-order valence-electron chi connectivity index (χ1n) is 6.99. The Hall–Kier alpha value is -0.640. The van der Waals surface area contributed by atoms with Crippen LogP contribution in [0.15, 0.2) is 18.2 Å². The molecule has 0 aromatic heterocycles. The second-order valence-corrected chi connectivity index (χ2v) is 7.12. The molecule has 2 unspecified atom stereocenters. The van der Waals surface area contributed by atoms with Gasteiger partial charge < -0.3 is 10.1 Å². The van der Waals surface area contributed by atoms with Gasteiger partial charge in [0.1, 0.15) is 5.82 Å². The van der Waals surface area contributed by atoms with Crippen LogP contribution in [-0.2, 0) is 4.74 Å². The number of rotatable bonds is 3. The van der Waals surface area contributed by atoms with E-state index in [2.05, 4.69) is 33.0 Å². The molecule has 1 N–H and O–H groups in total. The Balaban J connectivity index is 2.35. The standard InChI is InChI=1S/C16H23ClFNO/c1-15(2)9-11(16(3,4)20-15)14(19-5)10-6-7-13(18)12(17)8-10/h6-8,11,14,19H,9H2,1-5H3. The van der Waals surface area contributed by atoms with Gasteiger partial charge in [-0.25, -0.2) is 4.39 Å². The molecule has 1 aliphatic rings. The van der Waals surface area contributed by atoms with Crippen molar-refractivity contribution in [2.24, 2.45) is 5.92 Å². The molecule has 0 bridgehead atoms. The van der Waals surface area contributed by atoms with E-state index < -0.39 is 0 Å². The fourth-order valence-electron chi connectivity index (χ4n) is 3.43. The lowest BCUT2D eigenvalue weighted by Crippen LogP contribution is -2.37. The van der Waals surface area contributed by atoms with E-state index in [1.165, 1.54) is 6.07 Å². The quantitative estimate of drug-likeness (QED) is 0.897. The molecule has 1 aromatic rings. The van der Waals surface area contributed by atoms with E-state index in [1.54, 1.807) is 12.1 Å². The van der Waals surface area contributed by atoms with E-state index in [1.807, 2.05) is 7.05 Å². The average Bonchev–Trinajstić information content (AvgIpc) is 2.53. The molecule has 2 atom stereocenters. The Morgan fingerprint density at radius 2 is 2.00 bits per heavy atom. The summed E-state index contributed by atoms with van der Waals surface area (Å²) in [6.07, 6.45) is 0.945. The van der Waals surface area contributed by atoms with Crippen LogP contribution in [-0.4, -0.2) is 18.2 Å². The maximum atomic E-state index is 13.3. The summed E-state index contributed by atoms with van der Waals surface area (Å²) in [5.74, 6) is -0.0865. The zero-order valence-electron chi connectivity index (χ0n) is 12.8. The number of hydrogen-bond acceptors (Lipinski definition) is 2. The van der Waals surface area contributed by atoms with Crippen LogP contribution in [0.5, 0.6) is 0 Å². The molecule has 1 aromatic carbocycles. The predicted molar refractivity (Wildman–Crippen MR) is 80.6 cm³/mol. The van der Waals surface area contributed by atoms with E-state index in [0.29, 0.717) is 5.92 Å². The Labute approximate surface area is 125 Å². The lowest BCUT2D eigenvalue weighted by Gasteiger charge is -2.33. The summed E-state index contributed by atoms with van der Waals surface area (Å²) < 4.78 is 19.5. The molecule has 4 heteroatoms. The minimum Gasteiger partial charge on any atom is -0.369 e. The maximum absolute atomic E-state index is 13.3. The van der Waals surface area contributed by atoms with Crippen molar-refractivity contribution in [1.29, 1.82) is 0 Å². The molecular formula is C16H23ClFNO. The van der Waals surface area contributed by atoms with Crippen molar-refractivity contribution in [3.05, 3.63) is 34.6 Å². The lowest BCUT2D eigenvalue weighted by atomic mass is 9.79. The zero-order valence-corrected chi connectivity index (χ0v) is 13.5. The highest BCUT2D eigenvalue weighted by Gasteiger charge is 2.49. The van der Waals surface area contributed by atoms with Crippen molar-refractivity contribution in [1.82, 2.24) is 5.32 Å². The van der Waals surface area contributed by atoms with Gasteiger partial charge in [-0.3, -0.25) is 0 Å². The minimum atomic E-state index is -0.382. The normalized spacial score (nSPS) is 25.6. The molecule has 0 amide bonds. The lowest BCUT2D eigenvalue weighted by molar-refractivity contribution is -0.0776. The molecule has 0 aliphatic carbocycles. The molecule has 1 saturated heterocycles. The molecule has 0 radical (unpaired) electrons. The van der Waals surface area contributed by atoms with Gasteiger partial charge in [0.05, 0.1) is 16.2 Å². The SMILES string of the molecule is CNC(c1ccc(F)c(Cl)c1)C1CC(C)(C)OC1(C)C. The maximum Gasteiger partial charge on any atom is 0.141 e. The van der Waals surface area contributed by atoms with Gasteiger partial charge in [0, 0.05) is 12.0 Å². The summed E-state index contributed by atoms with van der Waals surface area (Å²) in [6, 6.07) is 5.02. The molecular weight excluding hydrogens is 277 g/mol. The molecule has 1 heterocycles. The van der Waals surface area contributed by atoms with Gasteiger partial charge >= 0.3 is 0 Å². The number of benzene rings is 1. The van der Waals surface area contributed by atoms with Crippen LogP contribution in [0.25, 0.3) is 0 Å². The molecule has 0 saturated carbocycles. The minimum absolute atomic E-state index is 0.0878. The van der Waals surface area contributed by atoms with Crippen LogP contribution in [0.3, 0.4) is 0 Å². The largest absolute Gasteiger partial charge is 0.369 e. The Morgan fingerprint density at radius 1 is 1.35 bits per heavy atom. The Morgan fingerprint density at radius 3 is 2.45 bits per heavy atom. The highest BCUT2D eigenvalue weighted by molar-refractivity contribution is 6.30. The van der Waals surface area contributed by atoms with Crippen molar-refractivity contribution in [2.45, 2.75) is 51.4 Å². The molecule has 2 rings (SSSR count). The van der Waals surface area contributed by atoms with Crippen molar-refractivity contribution in [3.8, 4) is 0 Å². The molecule has 0 spiro atoms. The monoisotopic (exact) mass is 299 g/mol. The predicted octanol–water partition coefficient (Wildman–Crippen LogP) is 4.33. The average molecular weight is 300 g/mol. The number of nitrogens with one attached hydrogen (secondary N) is 1. The molecule has 2 nitrogen and oxygen atoms in total.